The van der Waals surface area contributed by atoms with Crippen LogP contribution in [0.15, 0.2) is 18.9 Å². The summed E-state index contributed by atoms with van der Waals surface area (Å²) in [5.74, 6) is 1.84. The number of anilines is 2. The van der Waals surface area contributed by atoms with Crippen LogP contribution in [0.3, 0.4) is 0 Å². The Morgan fingerprint density at radius 1 is 1.32 bits per heavy atom. The van der Waals surface area contributed by atoms with E-state index in [0.29, 0.717) is 0 Å². The summed E-state index contributed by atoms with van der Waals surface area (Å²) in [4.78, 5) is 15.8. The van der Waals surface area contributed by atoms with E-state index < -0.39 is 0 Å². The Balaban J connectivity index is 2.07. The molecule has 2 heterocycles. The van der Waals surface area contributed by atoms with E-state index in [2.05, 4.69) is 26.3 Å². The lowest BCUT2D eigenvalue weighted by Gasteiger charge is -2.34. The molecule has 0 unspecified atom stereocenters. The van der Waals surface area contributed by atoms with Crippen LogP contribution in [0.2, 0.25) is 0 Å². The highest BCUT2D eigenvalue weighted by atomic mass is 15.3. The van der Waals surface area contributed by atoms with Gasteiger partial charge in [0.25, 0.3) is 0 Å². The van der Waals surface area contributed by atoms with Gasteiger partial charge in [-0.25, -0.2) is 4.98 Å². The molecule has 2 rings (SSSR count). The molecule has 0 radical (unpaired) electrons. The van der Waals surface area contributed by atoms with Gasteiger partial charge >= 0.3 is 0 Å². The third-order valence-corrected chi connectivity index (χ3v) is 3.40. The maximum absolute atomic E-state index is 4.67. The normalized spacial score (nSPS) is 16.5. The lowest BCUT2D eigenvalue weighted by Crippen LogP contribution is -2.47. The molecule has 0 aromatic carbocycles. The van der Waals surface area contributed by atoms with Crippen LogP contribution in [-0.4, -0.2) is 61.7 Å². The first kappa shape index (κ1) is 13.8. The largest absolute Gasteiger partial charge is 0.362 e. The predicted octanol–water partition coefficient (Wildman–Crippen LogP) is 1.16. The number of piperazine rings is 1. The molecule has 0 bridgehead atoms. The van der Waals surface area contributed by atoms with Crippen molar-refractivity contribution >= 4 is 11.8 Å². The molecule has 1 saturated heterocycles. The molecule has 1 aromatic heterocycles. The molecule has 0 saturated carbocycles. The summed E-state index contributed by atoms with van der Waals surface area (Å²) < 4.78 is 0. The molecule has 5 heteroatoms. The van der Waals surface area contributed by atoms with Crippen LogP contribution in [0.5, 0.6) is 0 Å². The highest BCUT2D eigenvalue weighted by Gasteiger charge is 2.19. The molecule has 5 nitrogen and oxygen atoms in total. The number of hydrogen-bond donors (Lipinski definition) is 0. The quantitative estimate of drug-likeness (QED) is 0.760. The molecule has 1 aliphatic rings. The third kappa shape index (κ3) is 3.23. The maximum Gasteiger partial charge on any atom is 0.227 e. The van der Waals surface area contributed by atoms with Crippen LogP contribution in [0.1, 0.15) is 5.56 Å². The van der Waals surface area contributed by atoms with E-state index >= 15 is 0 Å². The second-order valence-electron chi connectivity index (χ2n) is 5.15. The molecule has 1 aromatic rings. The number of nitrogens with zero attached hydrogens (tertiary/aromatic N) is 5. The first-order valence-corrected chi connectivity index (χ1v) is 6.71. The summed E-state index contributed by atoms with van der Waals surface area (Å²) in [6.07, 6.45) is 3.87. The predicted molar refractivity (Wildman–Crippen MR) is 79.9 cm³/mol. The van der Waals surface area contributed by atoms with Crippen molar-refractivity contribution in [2.45, 2.75) is 6.92 Å². The van der Waals surface area contributed by atoms with E-state index in [1.165, 1.54) is 0 Å². The first-order valence-electron chi connectivity index (χ1n) is 6.71. The van der Waals surface area contributed by atoms with Crippen LogP contribution >= 0.6 is 0 Å². The highest BCUT2D eigenvalue weighted by Crippen LogP contribution is 2.18. The van der Waals surface area contributed by atoms with Crippen molar-refractivity contribution in [2.75, 3.05) is 56.6 Å². The van der Waals surface area contributed by atoms with Gasteiger partial charge in [0, 0.05) is 58.6 Å². The van der Waals surface area contributed by atoms with Crippen molar-refractivity contribution in [3.8, 4) is 0 Å². The summed E-state index contributed by atoms with van der Waals surface area (Å²) in [6.45, 7) is 10.8. The fourth-order valence-corrected chi connectivity index (χ4v) is 2.34. The van der Waals surface area contributed by atoms with Crippen molar-refractivity contribution < 1.29 is 0 Å². The molecule has 19 heavy (non-hydrogen) atoms. The molecular formula is C14H23N5. The summed E-state index contributed by atoms with van der Waals surface area (Å²) in [5, 5.41) is 0. The van der Waals surface area contributed by atoms with Gasteiger partial charge in [-0.05, 0) is 6.92 Å². The summed E-state index contributed by atoms with van der Waals surface area (Å²) in [7, 11) is 4.03. The highest BCUT2D eigenvalue weighted by molar-refractivity contribution is 5.48. The van der Waals surface area contributed by atoms with Crippen LogP contribution in [0.25, 0.3) is 0 Å². The monoisotopic (exact) mass is 261 g/mol. The Morgan fingerprint density at radius 3 is 2.58 bits per heavy atom. The fraction of sp³-hybridized carbons (Fsp3) is 0.571. The van der Waals surface area contributed by atoms with E-state index in [1.807, 2.05) is 38.2 Å². The molecule has 0 aliphatic carbocycles. The lowest BCUT2D eigenvalue weighted by atomic mass is 10.3. The topological polar surface area (TPSA) is 35.5 Å². The van der Waals surface area contributed by atoms with Gasteiger partial charge in [-0.1, -0.05) is 6.08 Å². The third-order valence-electron chi connectivity index (χ3n) is 3.40. The van der Waals surface area contributed by atoms with E-state index in [0.717, 1.165) is 50.1 Å². The van der Waals surface area contributed by atoms with Gasteiger partial charge in [-0.2, -0.15) is 4.98 Å². The second-order valence-corrected chi connectivity index (χ2v) is 5.15. The van der Waals surface area contributed by atoms with Crippen LogP contribution in [0, 0.1) is 6.92 Å². The van der Waals surface area contributed by atoms with Crippen molar-refractivity contribution in [3.05, 3.63) is 24.4 Å². The SMILES string of the molecule is C=CCN1CCN(c2ncc(C)c(N(C)C)n2)CC1. The zero-order chi connectivity index (χ0) is 13.8. The average molecular weight is 261 g/mol. The Labute approximate surface area is 115 Å². The van der Waals surface area contributed by atoms with Gasteiger partial charge in [-0.15, -0.1) is 6.58 Å². The van der Waals surface area contributed by atoms with Crippen LogP contribution in [0.4, 0.5) is 11.8 Å². The molecule has 0 atom stereocenters. The van der Waals surface area contributed by atoms with E-state index in [4.69, 9.17) is 0 Å². The van der Waals surface area contributed by atoms with Gasteiger partial charge < -0.3 is 9.80 Å². The minimum absolute atomic E-state index is 0.840. The van der Waals surface area contributed by atoms with Gasteiger partial charge in [0.2, 0.25) is 5.95 Å². The molecule has 0 spiro atoms. The average Bonchev–Trinajstić information content (AvgIpc) is 2.40. The molecule has 0 N–H and O–H groups in total. The second kappa shape index (κ2) is 6.02. The van der Waals surface area contributed by atoms with Gasteiger partial charge in [-0.3, -0.25) is 4.90 Å². The summed E-state index contributed by atoms with van der Waals surface area (Å²) in [6, 6.07) is 0. The number of rotatable bonds is 4. The van der Waals surface area contributed by atoms with Crippen molar-refractivity contribution in [3.63, 3.8) is 0 Å². The number of aryl methyl sites for hydroxylation is 1. The smallest absolute Gasteiger partial charge is 0.227 e. The van der Waals surface area contributed by atoms with Gasteiger partial charge in [0.15, 0.2) is 0 Å². The van der Waals surface area contributed by atoms with Gasteiger partial charge in [0.05, 0.1) is 0 Å². The molecule has 1 aliphatic heterocycles. The molecular weight excluding hydrogens is 238 g/mol. The minimum atomic E-state index is 0.840. The van der Waals surface area contributed by atoms with Crippen molar-refractivity contribution in [2.24, 2.45) is 0 Å². The Kier molecular flexibility index (Phi) is 4.37. The van der Waals surface area contributed by atoms with Crippen LogP contribution < -0.4 is 9.80 Å². The maximum atomic E-state index is 4.67. The standard InChI is InChI=1S/C14H23N5/c1-5-6-18-7-9-19(10-8-18)14-15-11-12(2)13(16-14)17(3)4/h5,11H,1,6-10H2,2-4H3. The first-order chi connectivity index (χ1) is 9.11. The minimum Gasteiger partial charge on any atom is -0.362 e. The van der Waals surface area contributed by atoms with Gasteiger partial charge in [0.1, 0.15) is 5.82 Å². The summed E-state index contributed by atoms with van der Waals surface area (Å²) >= 11 is 0. The number of hydrogen-bond acceptors (Lipinski definition) is 5. The Morgan fingerprint density at radius 2 is 2.00 bits per heavy atom. The molecule has 104 valence electrons. The van der Waals surface area contributed by atoms with E-state index in [9.17, 15) is 0 Å². The molecule has 0 amide bonds. The van der Waals surface area contributed by atoms with E-state index in [1.54, 1.807) is 0 Å². The lowest BCUT2D eigenvalue weighted by molar-refractivity contribution is 0.283. The van der Waals surface area contributed by atoms with E-state index in [-0.39, 0.29) is 0 Å². The van der Waals surface area contributed by atoms with Crippen molar-refractivity contribution in [1.29, 1.82) is 0 Å². The Hall–Kier alpha value is -1.62. The zero-order valence-corrected chi connectivity index (χ0v) is 12.1. The number of aromatic nitrogens is 2. The molecule has 1 fully saturated rings. The Bertz CT molecular complexity index is 435. The summed E-state index contributed by atoms with van der Waals surface area (Å²) in [5.41, 5.74) is 1.11. The van der Waals surface area contributed by atoms with Crippen LogP contribution in [-0.2, 0) is 0 Å². The fourth-order valence-electron chi connectivity index (χ4n) is 2.34. The zero-order valence-electron chi connectivity index (χ0n) is 12.1. The van der Waals surface area contributed by atoms with Crippen molar-refractivity contribution in [1.82, 2.24) is 14.9 Å².